The van der Waals surface area contributed by atoms with Gasteiger partial charge in [-0.25, -0.2) is 14.3 Å². The fourth-order valence-corrected chi connectivity index (χ4v) is 4.06. The molecule has 2 N–H and O–H groups in total. The first-order valence-corrected chi connectivity index (χ1v) is 11.9. The van der Waals surface area contributed by atoms with E-state index in [0.29, 0.717) is 45.8 Å². The van der Waals surface area contributed by atoms with Crippen LogP contribution in [0.1, 0.15) is 10.4 Å². The van der Waals surface area contributed by atoms with E-state index in [1.807, 2.05) is 30.3 Å². The first-order valence-electron chi connectivity index (χ1n) is 11.9. The van der Waals surface area contributed by atoms with E-state index in [4.69, 9.17) is 24.0 Å². The highest BCUT2D eigenvalue weighted by Gasteiger charge is 2.15. The first-order chi connectivity index (χ1) is 19.0. The number of benzene rings is 2. The van der Waals surface area contributed by atoms with Gasteiger partial charge in [0.1, 0.15) is 17.1 Å². The molecule has 0 aliphatic rings. The van der Waals surface area contributed by atoms with Gasteiger partial charge in [0.25, 0.3) is 5.88 Å². The van der Waals surface area contributed by atoms with Crippen LogP contribution >= 0.6 is 0 Å². The van der Waals surface area contributed by atoms with Crippen LogP contribution in [0.3, 0.4) is 0 Å². The van der Waals surface area contributed by atoms with E-state index in [0.717, 1.165) is 16.9 Å². The Morgan fingerprint density at radius 3 is 2.44 bits per heavy atom. The number of esters is 1. The lowest BCUT2D eigenvalue weighted by molar-refractivity contribution is 0.0597. The quantitative estimate of drug-likeness (QED) is 0.251. The van der Waals surface area contributed by atoms with Gasteiger partial charge in [0.15, 0.2) is 11.4 Å². The molecule has 3 aromatic heterocycles. The van der Waals surface area contributed by atoms with Crippen molar-refractivity contribution in [2.75, 3.05) is 39.1 Å². The standard InChI is InChI=1S/C28H26N6O5/c1-36-23-10-11-25(32-27(23)38-3)31-22-16-21(33-34-13-12-29-26(22)34)17-6-5-7-18(14-17)30-19-8-9-20(28(35)39-4)24(15-19)37-2/h5-16,30H,1-4H3,(H,31,32). The summed E-state index contributed by atoms with van der Waals surface area (Å²) in [5.41, 5.74) is 4.86. The van der Waals surface area contributed by atoms with Gasteiger partial charge in [0.2, 0.25) is 0 Å². The summed E-state index contributed by atoms with van der Waals surface area (Å²) < 4.78 is 22.5. The zero-order chi connectivity index (χ0) is 27.4. The summed E-state index contributed by atoms with van der Waals surface area (Å²) in [6.45, 7) is 0. The molecule has 3 heterocycles. The van der Waals surface area contributed by atoms with Crippen molar-refractivity contribution in [2.24, 2.45) is 0 Å². The molecule has 39 heavy (non-hydrogen) atoms. The molecule has 11 heteroatoms. The Kier molecular flexibility index (Phi) is 7.13. The molecule has 11 nitrogen and oxygen atoms in total. The highest BCUT2D eigenvalue weighted by Crippen LogP contribution is 2.31. The largest absolute Gasteiger partial charge is 0.496 e. The van der Waals surface area contributed by atoms with Crippen molar-refractivity contribution in [1.82, 2.24) is 19.6 Å². The van der Waals surface area contributed by atoms with Gasteiger partial charge < -0.3 is 29.6 Å². The number of pyridine rings is 1. The van der Waals surface area contributed by atoms with E-state index in [-0.39, 0.29) is 0 Å². The van der Waals surface area contributed by atoms with Crippen LogP contribution in [-0.4, -0.2) is 54.0 Å². The van der Waals surface area contributed by atoms with Crippen LogP contribution in [0.15, 0.2) is 73.1 Å². The van der Waals surface area contributed by atoms with Crippen LogP contribution in [0.4, 0.5) is 22.9 Å². The number of fused-ring (bicyclic) bond motifs is 1. The molecule has 0 atom stereocenters. The van der Waals surface area contributed by atoms with Crippen LogP contribution in [-0.2, 0) is 4.74 Å². The summed E-state index contributed by atoms with van der Waals surface area (Å²) in [5.74, 6) is 1.41. The molecule has 0 fully saturated rings. The van der Waals surface area contributed by atoms with Crippen molar-refractivity contribution in [1.29, 1.82) is 0 Å². The molecule has 0 radical (unpaired) electrons. The molecule has 0 amide bonds. The summed E-state index contributed by atoms with van der Waals surface area (Å²) in [5, 5.41) is 11.4. The molecule has 2 aromatic carbocycles. The monoisotopic (exact) mass is 526 g/mol. The fraction of sp³-hybridized carbons (Fsp3) is 0.143. The highest BCUT2D eigenvalue weighted by molar-refractivity contribution is 5.93. The van der Waals surface area contributed by atoms with Gasteiger partial charge in [-0.1, -0.05) is 12.1 Å². The van der Waals surface area contributed by atoms with Crippen LogP contribution in [0, 0.1) is 0 Å². The predicted molar refractivity (Wildman–Crippen MR) is 147 cm³/mol. The van der Waals surface area contributed by atoms with Crippen molar-refractivity contribution < 1.29 is 23.7 Å². The third kappa shape index (κ3) is 5.23. The summed E-state index contributed by atoms with van der Waals surface area (Å²) >= 11 is 0. The molecule has 198 valence electrons. The number of nitrogens with one attached hydrogen (secondary N) is 2. The number of rotatable bonds is 9. The minimum absolute atomic E-state index is 0.348. The topological polar surface area (TPSA) is 121 Å². The third-order valence-electron chi connectivity index (χ3n) is 5.91. The molecule has 5 aromatic rings. The number of carbonyl (C=O) groups excluding carboxylic acids is 1. The summed E-state index contributed by atoms with van der Waals surface area (Å²) in [6.07, 6.45) is 3.46. The molecular formula is C28H26N6O5. The summed E-state index contributed by atoms with van der Waals surface area (Å²) in [6, 6.07) is 18.5. The fourth-order valence-electron chi connectivity index (χ4n) is 4.06. The zero-order valence-electron chi connectivity index (χ0n) is 21.8. The first kappa shape index (κ1) is 25.3. The number of ether oxygens (including phenoxy) is 4. The van der Waals surface area contributed by atoms with Gasteiger partial charge in [0, 0.05) is 35.4 Å². The maximum Gasteiger partial charge on any atom is 0.341 e. The number of anilines is 4. The Bertz CT molecular complexity index is 1650. The van der Waals surface area contributed by atoms with Crippen LogP contribution in [0.2, 0.25) is 0 Å². The second kappa shape index (κ2) is 11.0. The lowest BCUT2D eigenvalue weighted by Crippen LogP contribution is -2.04. The van der Waals surface area contributed by atoms with E-state index in [1.165, 1.54) is 21.3 Å². The van der Waals surface area contributed by atoms with Crippen molar-refractivity contribution in [3.05, 3.63) is 78.6 Å². The Hall–Kier alpha value is -5.32. The molecule has 0 aliphatic carbocycles. The van der Waals surface area contributed by atoms with E-state index in [9.17, 15) is 4.79 Å². The maximum atomic E-state index is 12.0. The van der Waals surface area contributed by atoms with Gasteiger partial charge in [-0.15, -0.1) is 0 Å². The van der Waals surface area contributed by atoms with Gasteiger partial charge in [-0.2, -0.15) is 10.1 Å². The van der Waals surface area contributed by atoms with Crippen LogP contribution in [0.5, 0.6) is 17.4 Å². The Morgan fingerprint density at radius 2 is 1.67 bits per heavy atom. The maximum absolute atomic E-state index is 12.0. The zero-order valence-corrected chi connectivity index (χ0v) is 21.8. The minimum atomic E-state index is -0.464. The number of nitrogens with zero attached hydrogens (tertiary/aromatic N) is 4. The molecule has 0 unspecified atom stereocenters. The average molecular weight is 527 g/mol. The molecule has 0 saturated carbocycles. The summed E-state index contributed by atoms with van der Waals surface area (Å²) in [4.78, 5) is 20.9. The SMILES string of the molecule is COC(=O)c1ccc(Nc2cccc(-c3cc(Nc4ccc(OC)c(OC)n4)c4nccn4n3)c2)cc1OC. The van der Waals surface area contributed by atoms with Gasteiger partial charge in [0.05, 0.1) is 39.8 Å². The van der Waals surface area contributed by atoms with Crippen molar-refractivity contribution in [3.63, 3.8) is 0 Å². The molecular weight excluding hydrogens is 500 g/mol. The second-order valence-electron chi connectivity index (χ2n) is 8.28. The summed E-state index contributed by atoms with van der Waals surface area (Å²) in [7, 11) is 5.94. The van der Waals surface area contributed by atoms with E-state index in [1.54, 1.807) is 54.4 Å². The number of carbonyl (C=O) groups is 1. The lowest BCUT2D eigenvalue weighted by Gasteiger charge is -2.13. The molecule has 0 spiro atoms. The Labute approximate surface area is 224 Å². The van der Waals surface area contributed by atoms with Gasteiger partial charge in [-0.3, -0.25) is 0 Å². The Morgan fingerprint density at radius 1 is 0.846 bits per heavy atom. The second-order valence-corrected chi connectivity index (χ2v) is 8.28. The highest BCUT2D eigenvalue weighted by atomic mass is 16.5. The van der Waals surface area contributed by atoms with Crippen LogP contribution in [0.25, 0.3) is 16.9 Å². The number of aromatic nitrogens is 4. The smallest absolute Gasteiger partial charge is 0.341 e. The normalized spacial score (nSPS) is 10.7. The number of methoxy groups -OCH3 is 4. The van der Waals surface area contributed by atoms with Gasteiger partial charge in [-0.05, 0) is 42.5 Å². The van der Waals surface area contributed by atoms with Crippen molar-refractivity contribution in [3.8, 4) is 28.6 Å². The van der Waals surface area contributed by atoms with Crippen molar-refractivity contribution >= 4 is 34.5 Å². The number of hydrogen-bond donors (Lipinski definition) is 2. The molecule has 5 rings (SSSR count). The Balaban J connectivity index is 1.46. The molecule has 0 saturated heterocycles. The van der Waals surface area contributed by atoms with Crippen molar-refractivity contribution in [2.45, 2.75) is 0 Å². The average Bonchev–Trinajstić information content (AvgIpc) is 3.46. The minimum Gasteiger partial charge on any atom is -0.496 e. The van der Waals surface area contributed by atoms with Crippen LogP contribution < -0.4 is 24.8 Å². The van der Waals surface area contributed by atoms with E-state index in [2.05, 4.69) is 20.6 Å². The predicted octanol–water partition coefficient (Wildman–Crippen LogP) is 5.09. The third-order valence-corrected chi connectivity index (χ3v) is 5.91. The number of imidazole rings is 1. The van der Waals surface area contributed by atoms with E-state index >= 15 is 0 Å². The van der Waals surface area contributed by atoms with E-state index < -0.39 is 5.97 Å². The molecule has 0 bridgehead atoms. The molecule has 0 aliphatic heterocycles. The lowest BCUT2D eigenvalue weighted by atomic mass is 10.1. The van der Waals surface area contributed by atoms with Gasteiger partial charge >= 0.3 is 5.97 Å². The number of hydrogen-bond acceptors (Lipinski definition) is 10.